The van der Waals surface area contributed by atoms with Gasteiger partial charge in [-0.1, -0.05) is 49.9 Å². The molecule has 0 spiro atoms. The van der Waals surface area contributed by atoms with Gasteiger partial charge in [-0.15, -0.1) is 0 Å². The first-order valence-corrected chi connectivity index (χ1v) is 5.46. The van der Waals surface area contributed by atoms with Crippen LogP contribution in [0.15, 0.2) is 0 Å². The summed E-state index contributed by atoms with van der Waals surface area (Å²) in [6.45, 7) is 2.71. The molecule has 0 aliphatic carbocycles. The van der Waals surface area contributed by atoms with Gasteiger partial charge in [0.15, 0.2) is 0 Å². The molecule has 0 fully saturated rings. The molecule has 0 aromatic heterocycles. The van der Waals surface area contributed by atoms with Crippen LogP contribution in [0.3, 0.4) is 0 Å². The van der Waals surface area contributed by atoms with Crippen molar-refractivity contribution in [2.75, 3.05) is 6.61 Å². The molecule has 0 radical (unpaired) electrons. The van der Waals surface area contributed by atoms with Crippen molar-refractivity contribution >= 4 is 11.9 Å². The van der Waals surface area contributed by atoms with E-state index in [4.69, 9.17) is 0 Å². The van der Waals surface area contributed by atoms with Crippen LogP contribution in [0.25, 0.3) is 0 Å². The monoisotopic (exact) mass is 226 g/mol. The molecule has 0 unspecified atom stereocenters. The predicted octanol–water partition coefficient (Wildman–Crippen LogP) is 3.70. The van der Waals surface area contributed by atoms with E-state index in [0.29, 0.717) is 6.61 Å². The summed E-state index contributed by atoms with van der Waals surface area (Å²) in [7, 11) is 0. The minimum absolute atomic E-state index is 0.494. The summed E-state index contributed by atoms with van der Waals surface area (Å²) in [6, 6.07) is 0. The number of hydrogen-bond donors (Lipinski definition) is 0. The van der Waals surface area contributed by atoms with Crippen molar-refractivity contribution in [1.82, 2.24) is 0 Å². The Labute approximate surface area is 90.4 Å². The standard InChI is InChI=1S/C9H19ClO4/c1-2-3-4-5-6-7-8-9-11-13-14-12-10/h2-9H2,1H3. The molecule has 86 valence electrons. The Morgan fingerprint density at radius 3 is 2.14 bits per heavy atom. The number of unbranched alkanes of at least 4 members (excludes halogenated alkanes) is 6. The van der Waals surface area contributed by atoms with Crippen LogP contribution >= 0.6 is 11.9 Å². The average Bonchev–Trinajstić information content (AvgIpc) is 2.21. The maximum Gasteiger partial charge on any atom is 0.103 e. The number of halogens is 1. The molecule has 0 aromatic carbocycles. The van der Waals surface area contributed by atoms with Crippen LogP contribution < -0.4 is 0 Å². The van der Waals surface area contributed by atoms with Crippen LogP contribution in [-0.2, 0) is 19.4 Å². The van der Waals surface area contributed by atoms with E-state index >= 15 is 0 Å². The van der Waals surface area contributed by atoms with Crippen molar-refractivity contribution < 1.29 is 19.4 Å². The lowest BCUT2D eigenvalue weighted by Gasteiger charge is -2.00. The summed E-state index contributed by atoms with van der Waals surface area (Å²) in [4.78, 5) is 4.57. The normalized spacial score (nSPS) is 10.7. The van der Waals surface area contributed by atoms with E-state index in [0.717, 1.165) is 12.8 Å². The molecule has 0 aromatic rings. The molecule has 0 bridgehead atoms. The fourth-order valence-corrected chi connectivity index (χ4v) is 1.20. The molecule has 0 aliphatic heterocycles. The highest BCUT2D eigenvalue weighted by Gasteiger charge is 1.92. The summed E-state index contributed by atoms with van der Waals surface area (Å²) in [5.41, 5.74) is 0. The molecular weight excluding hydrogens is 208 g/mol. The topological polar surface area (TPSA) is 36.9 Å². The minimum atomic E-state index is 0.494. The van der Waals surface area contributed by atoms with Gasteiger partial charge in [0.2, 0.25) is 0 Å². The zero-order valence-corrected chi connectivity index (χ0v) is 9.42. The second kappa shape index (κ2) is 13.1. The maximum atomic E-state index is 4.69. The van der Waals surface area contributed by atoms with Gasteiger partial charge in [-0.05, 0) is 16.5 Å². The Kier molecular flexibility index (Phi) is 13.3. The summed E-state index contributed by atoms with van der Waals surface area (Å²) < 4.78 is 3.64. The van der Waals surface area contributed by atoms with E-state index in [2.05, 4.69) is 38.2 Å². The van der Waals surface area contributed by atoms with Gasteiger partial charge >= 0.3 is 0 Å². The molecule has 0 atom stereocenters. The SMILES string of the molecule is CCCCCCCCCOOOOCl. The second-order valence-corrected chi connectivity index (χ2v) is 3.27. The Bertz CT molecular complexity index is 90.8. The Balaban J connectivity index is 2.78. The fraction of sp³-hybridized carbons (Fsp3) is 1.00. The van der Waals surface area contributed by atoms with Gasteiger partial charge in [0, 0.05) is 0 Å². The molecule has 0 amide bonds. The van der Waals surface area contributed by atoms with Crippen molar-refractivity contribution in [3.63, 3.8) is 0 Å². The second-order valence-electron chi connectivity index (χ2n) is 3.14. The fourth-order valence-electron chi connectivity index (χ4n) is 1.18. The first kappa shape index (κ1) is 14.1. The largest absolute Gasteiger partial charge is 0.204 e. The predicted molar refractivity (Wildman–Crippen MR) is 53.1 cm³/mol. The van der Waals surface area contributed by atoms with E-state index in [-0.39, 0.29) is 0 Å². The molecular formula is C9H19ClO4. The average molecular weight is 227 g/mol. The Morgan fingerprint density at radius 1 is 0.857 bits per heavy atom. The van der Waals surface area contributed by atoms with Crippen LogP contribution in [0, 0.1) is 0 Å². The van der Waals surface area contributed by atoms with Crippen molar-refractivity contribution in [2.24, 2.45) is 0 Å². The van der Waals surface area contributed by atoms with E-state index in [1.54, 1.807) is 0 Å². The highest BCUT2D eigenvalue weighted by Crippen LogP contribution is 2.06. The molecule has 5 heteroatoms. The molecule has 0 saturated carbocycles. The van der Waals surface area contributed by atoms with E-state index in [1.165, 1.54) is 32.1 Å². The first-order valence-electron chi connectivity index (χ1n) is 5.15. The van der Waals surface area contributed by atoms with E-state index in [1.807, 2.05) is 0 Å². The third kappa shape index (κ3) is 12.1. The van der Waals surface area contributed by atoms with Crippen molar-refractivity contribution in [1.29, 1.82) is 0 Å². The van der Waals surface area contributed by atoms with Crippen molar-refractivity contribution in [3.8, 4) is 0 Å². The van der Waals surface area contributed by atoms with Gasteiger partial charge in [0.25, 0.3) is 0 Å². The molecule has 0 N–H and O–H groups in total. The molecule has 4 nitrogen and oxygen atoms in total. The third-order valence-corrected chi connectivity index (χ3v) is 1.98. The lowest BCUT2D eigenvalue weighted by molar-refractivity contribution is -0.608. The highest BCUT2D eigenvalue weighted by molar-refractivity contribution is 6.06. The van der Waals surface area contributed by atoms with Crippen molar-refractivity contribution in [2.45, 2.75) is 51.9 Å². The summed E-state index contributed by atoms with van der Waals surface area (Å²) in [6.07, 6.45) is 8.60. The van der Waals surface area contributed by atoms with Gasteiger partial charge in [-0.3, -0.25) is 0 Å². The third-order valence-electron chi connectivity index (χ3n) is 1.93. The number of rotatable bonds is 11. The van der Waals surface area contributed by atoms with E-state index in [9.17, 15) is 0 Å². The maximum absolute atomic E-state index is 4.69. The molecule has 0 aliphatic rings. The highest BCUT2D eigenvalue weighted by atomic mass is 35.5. The van der Waals surface area contributed by atoms with Gasteiger partial charge < -0.3 is 0 Å². The van der Waals surface area contributed by atoms with Crippen molar-refractivity contribution in [3.05, 3.63) is 0 Å². The zero-order valence-electron chi connectivity index (χ0n) is 8.67. The van der Waals surface area contributed by atoms with E-state index < -0.39 is 0 Å². The lowest BCUT2D eigenvalue weighted by atomic mass is 10.1. The summed E-state index contributed by atoms with van der Waals surface area (Å²) >= 11 is 4.69. The van der Waals surface area contributed by atoms with Crippen LogP contribution in [-0.4, -0.2) is 6.61 Å². The van der Waals surface area contributed by atoms with Gasteiger partial charge in [0.05, 0.1) is 6.61 Å². The molecule has 0 saturated heterocycles. The number of hydrogen-bond acceptors (Lipinski definition) is 4. The molecule has 0 heterocycles. The van der Waals surface area contributed by atoms with Gasteiger partial charge in [-0.25, -0.2) is 4.89 Å². The lowest BCUT2D eigenvalue weighted by Crippen LogP contribution is -1.96. The summed E-state index contributed by atoms with van der Waals surface area (Å²) in [5.74, 6) is 0. The van der Waals surface area contributed by atoms with Crippen LogP contribution in [0.4, 0.5) is 0 Å². The minimum Gasteiger partial charge on any atom is -0.204 e. The quantitative estimate of drug-likeness (QED) is 0.306. The zero-order chi connectivity index (χ0) is 10.5. The van der Waals surface area contributed by atoms with Crippen LogP contribution in [0.1, 0.15) is 51.9 Å². The molecule has 14 heavy (non-hydrogen) atoms. The molecule has 0 rings (SSSR count). The Morgan fingerprint density at radius 2 is 1.50 bits per heavy atom. The van der Waals surface area contributed by atoms with Gasteiger partial charge in [0.1, 0.15) is 11.9 Å². The first-order chi connectivity index (χ1) is 6.91. The van der Waals surface area contributed by atoms with Crippen LogP contribution in [0.5, 0.6) is 0 Å². The smallest absolute Gasteiger partial charge is 0.103 e. The van der Waals surface area contributed by atoms with Gasteiger partial charge in [-0.2, -0.15) is 0 Å². The van der Waals surface area contributed by atoms with Crippen LogP contribution in [0.2, 0.25) is 0 Å². The Hall–Kier alpha value is 0.130. The summed E-state index contributed by atoms with van der Waals surface area (Å²) in [5, 5.41) is 7.91.